The van der Waals surface area contributed by atoms with Crippen molar-refractivity contribution in [2.24, 2.45) is 17.6 Å². The summed E-state index contributed by atoms with van der Waals surface area (Å²) >= 11 is 0. The minimum atomic E-state index is -0.0267. The molecule has 2 aliphatic rings. The number of hydrogen-bond acceptors (Lipinski definition) is 3. The molecule has 17 heavy (non-hydrogen) atoms. The van der Waals surface area contributed by atoms with Crippen LogP contribution in [-0.2, 0) is 4.74 Å². The highest BCUT2D eigenvalue weighted by molar-refractivity contribution is 5.00. The molecule has 2 N–H and O–H groups in total. The van der Waals surface area contributed by atoms with Gasteiger partial charge in [0.25, 0.3) is 0 Å². The van der Waals surface area contributed by atoms with Gasteiger partial charge in [-0.15, -0.1) is 0 Å². The zero-order valence-corrected chi connectivity index (χ0v) is 11.8. The van der Waals surface area contributed by atoms with E-state index in [1.807, 2.05) is 0 Å². The van der Waals surface area contributed by atoms with Crippen LogP contribution in [0.3, 0.4) is 0 Å². The molecular weight excluding hydrogens is 212 g/mol. The molecule has 0 aromatic heterocycles. The Morgan fingerprint density at radius 2 is 2.06 bits per heavy atom. The number of hydrogen-bond donors (Lipinski definition) is 1. The Kier molecular flexibility index (Phi) is 3.54. The lowest BCUT2D eigenvalue weighted by Gasteiger charge is -2.49. The smallest absolute Gasteiger partial charge is 0.0644 e. The van der Waals surface area contributed by atoms with Gasteiger partial charge >= 0.3 is 0 Å². The fourth-order valence-corrected chi connectivity index (χ4v) is 3.30. The summed E-state index contributed by atoms with van der Waals surface area (Å²) in [4.78, 5) is 2.52. The number of likely N-dealkylation sites (N-methyl/N-ethyl adjacent to an activating group) is 1. The summed E-state index contributed by atoms with van der Waals surface area (Å²) in [6.45, 7) is 9.51. The van der Waals surface area contributed by atoms with E-state index in [0.29, 0.717) is 0 Å². The fraction of sp³-hybridized carbons (Fsp3) is 1.00. The van der Waals surface area contributed by atoms with Crippen molar-refractivity contribution in [1.29, 1.82) is 0 Å². The van der Waals surface area contributed by atoms with Crippen LogP contribution in [0.25, 0.3) is 0 Å². The number of ether oxygens (including phenoxy) is 1. The third kappa shape index (κ3) is 2.83. The second-order valence-corrected chi connectivity index (χ2v) is 6.82. The van der Waals surface area contributed by atoms with Crippen LogP contribution >= 0.6 is 0 Å². The first-order chi connectivity index (χ1) is 7.88. The molecule has 0 bridgehead atoms. The average Bonchev–Trinajstić information content (AvgIpc) is 2.92. The number of nitrogens with two attached hydrogens (primary N) is 1. The van der Waals surface area contributed by atoms with Crippen LogP contribution in [0.2, 0.25) is 0 Å². The standard InChI is InChI=1S/C14H28N2O/c1-11-7-12(11)8-16(4)14(10-15)5-6-17-13(2,3)9-14/h11-12H,5-10,15H2,1-4H3. The monoisotopic (exact) mass is 240 g/mol. The predicted octanol–water partition coefficient (Wildman–Crippen LogP) is 1.86. The predicted molar refractivity (Wildman–Crippen MR) is 71.0 cm³/mol. The van der Waals surface area contributed by atoms with Crippen molar-refractivity contribution < 1.29 is 4.74 Å². The zero-order chi connectivity index (χ0) is 12.7. The summed E-state index contributed by atoms with van der Waals surface area (Å²) in [6.07, 6.45) is 3.52. The second kappa shape index (κ2) is 4.52. The van der Waals surface area contributed by atoms with Gasteiger partial charge in [-0.1, -0.05) is 6.92 Å². The third-order valence-corrected chi connectivity index (χ3v) is 4.79. The summed E-state index contributed by atoms with van der Waals surface area (Å²) in [5.41, 5.74) is 6.22. The van der Waals surface area contributed by atoms with Gasteiger partial charge in [0.2, 0.25) is 0 Å². The fourth-order valence-electron chi connectivity index (χ4n) is 3.30. The van der Waals surface area contributed by atoms with E-state index >= 15 is 0 Å². The first-order valence-electron chi connectivity index (χ1n) is 6.94. The molecule has 100 valence electrons. The quantitative estimate of drug-likeness (QED) is 0.815. The molecule has 2 fully saturated rings. The maximum Gasteiger partial charge on any atom is 0.0644 e. The molecule has 0 aromatic carbocycles. The largest absolute Gasteiger partial charge is 0.375 e. The molecule has 3 unspecified atom stereocenters. The van der Waals surface area contributed by atoms with Crippen molar-refractivity contribution in [1.82, 2.24) is 4.90 Å². The summed E-state index contributed by atoms with van der Waals surface area (Å²) < 4.78 is 5.83. The van der Waals surface area contributed by atoms with Gasteiger partial charge in [-0.05, 0) is 52.0 Å². The lowest BCUT2D eigenvalue weighted by Crippen LogP contribution is -2.59. The maximum absolute atomic E-state index is 6.09. The Morgan fingerprint density at radius 1 is 1.41 bits per heavy atom. The van der Waals surface area contributed by atoms with Gasteiger partial charge in [0.05, 0.1) is 5.60 Å². The van der Waals surface area contributed by atoms with Crippen molar-refractivity contribution >= 4 is 0 Å². The Balaban J connectivity index is 2.01. The van der Waals surface area contributed by atoms with Crippen LogP contribution < -0.4 is 5.73 Å². The van der Waals surface area contributed by atoms with Crippen LogP contribution in [0.4, 0.5) is 0 Å². The van der Waals surface area contributed by atoms with E-state index in [9.17, 15) is 0 Å². The Morgan fingerprint density at radius 3 is 2.53 bits per heavy atom. The molecule has 2 rings (SSSR count). The maximum atomic E-state index is 6.09. The highest BCUT2D eigenvalue weighted by atomic mass is 16.5. The molecule has 1 saturated heterocycles. The van der Waals surface area contributed by atoms with E-state index in [2.05, 4.69) is 32.7 Å². The molecule has 0 aromatic rings. The lowest BCUT2D eigenvalue weighted by molar-refractivity contribution is -0.114. The second-order valence-electron chi connectivity index (χ2n) is 6.82. The zero-order valence-electron chi connectivity index (χ0n) is 11.8. The molecule has 0 spiro atoms. The first-order valence-corrected chi connectivity index (χ1v) is 6.94. The average molecular weight is 240 g/mol. The SMILES string of the molecule is CC1CC1CN(C)C1(CN)CCOC(C)(C)C1. The molecule has 3 nitrogen and oxygen atoms in total. The van der Waals surface area contributed by atoms with Gasteiger partial charge in [0.15, 0.2) is 0 Å². The molecule has 0 amide bonds. The van der Waals surface area contributed by atoms with E-state index in [1.54, 1.807) is 0 Å². The van der Waals surface area contributed by atoms with Crippen LogP contribution in [0.1, 0.15) is 40.0 Å². The molecule has 0 radical (unpaired) electrons. The molecule has 1 heterocycles. The highest BCUT2D eigenvalue weighted by Crippen LogP contribution is 2.41. The van der Waals surface area contributed by atoms with Crippen molar-refractivity contribution in [3.8, 4) is 0 Å². The minimum Gasteiger partial charge on any atom is -0.375 e. The molecule has 1 aliphatic carbocycles. The first kappa shape index (κ1) is 13.3. The summed E-state index contributed by atoms with van der Waals surface area (Å²) in [5.74, 6) is 1.81. The van der Waals surface area contributed by atoms with Gasteiger partial charge in [-0.2, -0.15) is 0 Å². The van der Waals surface area contributed by atoms with Crippen LogP contribution in [0.5, 0.6) is 0 Å². The van der Waals surface area contributed by atoms with Gasteiger partial charge in [0.1, 0.15) is 0 Å². The molecular formula is C14H28N2O. The number of rotatable bonds is 4. The van der Waals surface area contributed by atoms with Crippen molar-refractivity contribution in [3.05, 3.63) is 0 Å². The Bertz CT molecular complexity index is 279. The van der Waals surface area contributed by atoms with Gasteiger partial charge < -0.3 is 10.5 Å². The molecule has 1 aliphatic heterocycles. The third-order valence-electron chi connectivity index (χ3n) is 4.79. The van der Waals surface area contributed by atoms with E-state index < -0.39 is 0 Å². The minimum absolute atomic E-state index is 0.0267. The van der Waals surface area contributed by atoms with E-state index in [4.69, 9.17) is 10.5 Å². The van der Waals surface area contributed by atoms with Crippen molar-refractivity contribution in [2.75, 3.05) is 26.7 Å². The highest BCUT2D eigenvalue weighted by Gasteiger charge is 2.45. The Labute approximate surface area is 106 Å². The molecule has 3 heteroatoms. The van der Waals surface area contributed by atoms with E-state index in [1.165, 1.54) is 13.0 Å². The lowest BCUT2D eigenvalue weighted by atomic mass is 9.80. The van der Waals surface area contributed by atoms with E-state index in [0.717, 1.165) is 37.8 Å². The topological polar surface area (TPSA) is 38.5 Å². The van der Waals surface area contributed by atoms with Crippen LogP contribution in [0.15, 0.2) is 0 Å². The normalized spacial score (nSPS) is 40.6. The van der Waals surface area contributed by atoms with Crippen molar-refractivity contribution in [2.45, 2.75) is 51.2 Å². The van der Waals surface area contributed by atoms with Gasteiger partial charge in [0, 0.05) is 25.2 Å². The summed E-state index contributed by atoms with van der Waals surface area (Å²) in [6, 6.07) is 0. The number of nitrogens with zero attached hydrogens (tertiary/aromatic N) is 1. The summed E-state index contributed by atoms with van der Waals surface area (Å²) in [7, 11) is 2.25. The molecule has 3 atom stereocenters. The van der Waals surface area contributed by atoms with E-state index in [-0.39, 0.29) is 11.1 Å². The van der Waals surface area contributed by atoms with Crippen molar-refractivity contribution in [3.63, 3.8) is 0 Å². The van der Waals surface area contributed by atoms with Gasteiger partial charge in [-0.25, -0.2) is 0 Å². The van der Waals surface area contributed by atoms with Gasteiger partial charge in [-0.3, -0.25) is 4.90 Å². The Hall–Kier alpha value is -0.120. The van der Waals surface area contributed by atoms with Crippen LogP contribution in [-0.4, -0.2) is 42.8 Å². The van der Waals surface area contributed by atoms with Crippen LogP contribution in [0, 0.1) is 11.8 Å². The summed E-state index contributed by atoms with van der Waals surface area (Å²) in [5, 5.41) is 0. The molecule has 1 saturated carbocycles.